The number of rotatable bonds is 7. The van der Waals surface area contributed by atoms with Gasteiger partial charge >= 0.3 is 16.1 Å². The summed E-state index contributed by atoms with van der Waals surface area (Å²) in [6.07, 6.45) is -5.04. The van der Waals surface area contributed by atoms with Gasteiger partial charge in [-0.2, -0.15) is 22.0 Å². The van der Waals surface area contributed by atoms with Crippen molar-refractivity contribution in [2.75, 3.05) is 5.32 Å². The van der Waals surface area contributed by atoms with Gasteiger partial charge in [0, 0.05) is 34.7 Å². The fraction of sp³-hybridized carbons (Fsp3) is 0.148. The number of hydrogen-bond acceptors (Lipinski definition) is 3. The van der Waals surface area contributed by atoms with Crippen LogP contribution in [0.15, 0.2) is 91.0 Å². The number of nitrogens with zero attached hydrogens (tertiary/aromatic N) is 2. The van der Waals surface area contributed by atoms with Gasteiger partial charge in [0.1, 0.15) is 22.7 Å². The van der Waals surface area contributed by atoms with Crippen molar-refractivity contribution in [3.63, 3.8) is 0 Å². The van der Waals surface area contributed by atoms with Crippen LogP contribution in [0.5, 0.6) is 0 Å². The standard InChI is InChI=1S/C27H19F6IN4O/c28-18-9-4-10-19(15-18)35-24(39)38-25(16-17-7-2-1-3-8-17,20-11-5-13-22(36-20)26(29,30)31)21-12-6-14-23(37-21)27(32,33)34/h1-15H,16H2,(H2,35,38,39). The van der Waals surface area contributed by atoms with Crippen molar-refractivity contribution in [1.29, 1.82) is 0 Å². The normalized spacial score (nSPS) is 13.4. The molecule has 2 aromatic carbocycles. The number of aromatic nitrogens is 2. The molecule has 5 nitrogen and oxygen atoms in total. The Balaban J connectivity index is 1.93. The quantitative estimate of drug-likeness (QED) is 0.124. The Bertz CT molecular complexity index is 1400. The van der Waals surface area contributed by atoms with Gasteiger partial charge in [-0.05, 0) is 48.0 Å². The molecule has 39 heavy (non-hydrogen) atoms. The van der Waals surface area contributed by atoms with E-state index in [1.165, 1.54) is 30.3 Å². The van der Waals surface area contributed by atoms with E-state index >= 15 is 0 Å². The van der Waals surface area contributed by atoms with Gasteiger partial charge in [0.2, 0.25) is 0 Å². The molecule has 1 unspecified atom stereocenters. The summed E-state index contributed by atoms with van der Waals surface area (Å²) in [5, 5.41) is 5.06. The first kappa shape index (κ1) is 28.3. The lowest BCUT2D eigenvalue weighted by molar-refractivity contribution is -0.141. The highest BCUT2D eigenvalue weighted by molar-refractivity contribution is 14.1. The number of urea groups is 1. The van der Waals surface area contributed by atoms with Crippen molar-refractivity contribution >= 4 is 34.3 Å². The summed E-state index contributed by atoms with van der Waals surface area (Å²) in [7, 11) is 0. The Kier molecular flexibility index (Phi) is 8.14. The highest BCUT2D eigenvalue weighted by Gasteiger charge is 2.43. The van der Waals surface area contributed by atoms with Crippen molar-refractivity contribution in [2.24, 2.45) is 0 Å². The summed E-state index contributed by atoms with van der Waals surface area (Å²) in [6.45, 7) is 0. The predicted molar refractivity (Wildman–Crippen MR) is 141 cm³/mol. The number of anilines is 1. The third-order valence-corrected chi connectivity index (χ3v) is 6.23. The van der Waals surface area contributed by atoms with Crippen LogP contribution in [0.4, 0.5) is 36.8 Å². The molecule has 202 valence electrons. The second-order valence-electron chi connectivity index (χ2n) is 8.47. The Labute approximate surface area is 232 Å². The fourth-order valence-corrected chi connectivity index (χ4v) is 4.27. The van der Waals surface area contributed by atoms with Gasteiger partial charge in [-0.3, -0.25) is 0 Å². The van der Waals surface area contributed by atoms with Crippen molar-refractivity contribution in [3.05, 3.63) is 125 Å². The van der Waals surface area contributed by atoms with Crippen molar-refractivity contribution in [2.45, 2.75) is 22.1 Å². The van der Waals surface area contributed by atoms with E-state index in [-0.39, 0.29) is 23.5 Å². The lowest BCUT2D eigenvalue weighted by atomic mass is 9.83. The summed E-state index contributed by atoms with van der Waals surface area (Å²) < 4.78 is 79.9. The zero-order valence-electron chi connectivity index (χ0n) is 19.8. The summed E-state index contributed by atoms with van der Waals surface area (Å²) in [6, 6.07) is 19.1. The molecule has 4 aromatic rings. The van der Waals surface area contributed by atoms with E-state index < -0.39 is 38.9 Å². The van der Waals surface area contributed by atoms with Gasteiger partial charge in [0.25, 0.3) is 0 Å². The molecule has 2 aromatic heterocycles. The first-order chi connectivity index (χ1) is 18.4. The van der Waals surface area contributed by atoms with Crippen LogP contribution in [0.1, 0.15) is 28.3 Å². The molecule has 2 amide bonds. The highest BCUT2D eigenvalue weighted by atomic mass is 127. The molecule has 0 saturated heterocycles. The lowest BCUT2D eigenvalue weighted by Crippen LogP contribution is -2.51. The van der Waals surface area contributed by atoms with Gasteiger partial charge < -0.3 is 10.6 Å². The molecule has 0 spiro atoms. The maximum Gasteiger partial charge on any atom is 0.433 e. The van der Waals surface area contributed by atoms with E-state index in [0.717, 1.165) is 52.9 Å². The second kappa shape index (κ2) is 11.2. The topological polar surface area (TPSA) is 66.9 Å². The minimum Gasteiger partial charge on any atom is -0.321 e. The van der Waals surface area contributed by atoms with Crippen LogP contribution in [-0.4, -0.2) is 16.0 Å². The molecule has 0 radical (unpaired) electrons. The molecular formula is C27H19F6IN4O. The zero-order chi connectivity index (χ0) is 28.3. The third-order valence-electron chi connectivity index (χ3n) is 5.68. The molecule has 1 atom stereocenters. The van der Waals surface area contributed by atoms with Gasteiger partial charge in [-0.1, -0.05) is 48.5 Å². The molecule has 0 aliphatic heterocycles. The summed E-state index contributed by atoms with van der Waals surface area (Å²) >= 11 is 0.890. The first-order valence-electron chi connectivity index (χ1n) is 11.3. The molecule has 0 aliphatic rings. The molecule has 0 saturated carbocycles. The van der Waals surface area contributed by atoms with E-state index in [2.05, 4.69) is 20.6 Å². The van der Waals surface area contributed by atoms with Crippen LogP contribution in [0, 0.1) is 5.82 Å². The molecule has 12 heteroatoms. The number of carbonyl (C=O) groups excluding carboxylic acids is 1. The fourth-order valence-electron chi connectivity index (χ4n) is 3.97. The lowest BCUT2D eigenvalue weighted by Gasteiger charge is -2.35. The molecule has 0 fully saturated rings. The number of amides is 2. The average molecular weight is 656 g/mol. The number of nitrogens with one attached hydrogen (secondary N) is 2. The van der Waals surface area contributed by atoms with Gasteiger partial charge in [-0.15, -0.1) is 0 Å². The van der Waals surface area contributed by atoms with E-state index in [9.17, 15) is 31.1 Å². The van der Waals surface area contributed by atoms with E-state index in [0.29, 0.717) is 5.56 Å². The maximum absolute atomic E-state index is 14.3. The van der Waals surface area contributed by atoms with Crippen molar-refractivity contribution < 1.29 is 31.1 Å². The number of carbonyl (C=O) groups is 1. The Morgan fingerprint density at radius 1 is 0.744 bits per heavy atom. The largest absolute Gasteiger partial charge is 0.433 e. The summed E-state index contributed by atoms with van der Waals surface area (Å²) in [5.41, 5.74) is -3.76. The van der Waals surface area contributed by atoms with Crippen LogP contribution in [0.25, 0.3) is 0 Å². The number of alkyl halides is 6. The number of hydrogen-bond donors (Lipinski definition) is 2. The predicted octanol–water partition coefficient (Wildman–Crippen LogP) is 7.43. The Morgan fingerprint density at radius 3 is 1.90 bits per heavy atom. The Morgan fingerprint density at radius 2 is 1.31 bits per heavy atom. The van der Waals surface area contributed by atoms with Crippen LogP contribution in [0.3, 0.4) is 0 Å². The second-order valence-corrected chi connectivity index (χ2v) is 9.82. The van der Waals surface area contributed by atoms with E-state index in [1.807, 2.05) is 0 Å². The maximum atomic E-state index is 14.3. The van der Waals surface area contributed by atoms with Crippen molar-refractivity contribution in [3.8, 4) is 0 Å². The summed E-state index contributed by atoms with van der Waals surface area (Å²) in [5.74, 6) is -0.637. The van der Waals surface area contributed by atoms with E-state index in [1.54, 1.807) is 30.3 Å². The van der Waals surface area contributed by atoms with Gasteiger partial charge in [-0.25, -0.2) is 19.2 Å². The van der Waals surface area contributed by atoms with E-state index in [4.69, 9.17) is 0 Å². The smallest absolute Gasteiger partial charge is 0.321 e. The molecular weight excluding hydrogens is 637 g/mol. The Hall–Kier alpha value is -3.68. The summed E-state index contributed by atoms with van der Waals surface area (Å²) in [4.78, 5) is 21.1. The van der Waals surface area contributed by atoms with Crippen LogP contribution in [0.2, 0.25) is 0 Å². The van der Waals surface area contributed by atoms with Gasteiger partial charge in [0.15, 0.2) is 0 Å². The van der Waals surface area contributed by atoms with Gasteiger partial charge in [0.05, 0.1) is 11.4 Å². The molecule has 2 N–H and O–H groups in total. The molecule has 4 rings (SSSR count). The highest BCUT2D eigenvalue weighted by Crippen LogP contribution is 2.38. The number of pyridine rings is 2. The van der Waals surface area contributed by atoms with Crippen molar-refractivity contribution in [1.82, 2.24) is 15.3 Å². The average Bonchev–Trinajstić information content (AvgIpc) is 2.88. The number of benzene rings is 2. The minimum atomic E-state index is -4.83. The number of halogens is 7. The van der Waals surface area contributed by atoms with Crippen LogP contribution >= 0.6 is 22.6 Å². The minimum absolute atomic E-state index is 0.0543. The molecule has 0 aliphatic carbocycles. The third kappa shape index (κ3) is 6.85. The van der Waals surface area contributed by atoms with Crippen LogP contribution in [-0.2, 0) is 22.1 Å². The first-order valence-corrected chi connectivity index (χ1v) is 12.4. The SMILES string of the molecule is O=C(Nc1cccc(F)c1)NC(Cc1ccccc1)(c1cccc(C(F)(F)F)n1)c1cccc(C(F)(F)I)n1. The van der Waals surface area contributed by atoms with Crippen LogP contribution < -0.4 is 10.6 Å². The zero-order valence-corrected chi connectivity index (χ0v) is 22.0. The molecule has 2 heterocycles. The monoisotopic (exact) mass is 656 g/mol. The molecule has 0 bridgehead atoms.